The number of para-hydroxylation sites is 1. The van der Waals surface area contributed by atoms with Crippen LogP contribution in [0.3, 0.4) is 0 Å². The average molecular weight is 493 g/mol. The van der Waals surface area contributed by atoms with Gasteiger partial charge >= 0.3 is 5.69 Å². The molecule has 1 aliphatic heterocycles. The van der Waals surface area contributed by atoms with Crippen LogP contribution in [-0.2, 0) is 23.2 Å². The summed E-state index contributed by atoms with van der Waals surface area (Å²) in [5, 5.41) is 0.408. The SMILES string of the molecule is CC(C)(C)c1ccc(Cn2cnc3c2c(=O)n(C[C@@H]2CCCO2)c(=O)n3-c2ccccc2Cl)cc1. The molecule has 3 heterocycles. The molecule has 35 heavy (non-hydrogen) atoms. The van der Waals surface area contributed by atoms with Gasteiger partial charge in [-0.25, -0.2) is 14.3 Å². The van der Waals surface area contributed by atoms with Gasteiger partial charge in [-0.3, -0.25) is 9.36 Å². The molecule has 1 fully saturated rings. The molecule has 1 saturated heterocycles. The van der Waals surface area contributed by atoms with Crippen LogP contribution < -0.4 is 11.2 Å². The molecule has 8 heteroatoms. The van der Waals surface area contributed by atoms with Gasteiger partial charge in [0.15, 0.2) is 11.2 Å². The largest absolute Gasteiger partial charge is 0.376 e. The number of nitrogens with zero attached hydrogens (tertiary/aromatic N) is 4. The summed E-state index contributed by atoms with van der Waals surface area (Å²) in [5.41, 5.74) is 2.65. The fourth-order valence-electron chi connectivity index (χ4n) is 4.61. The number of hydrogen-bond donors (Lipinski definition) is 0. The standard InChI is InChI=1S/C27H29ClN4O3/c1-27(2,3)19-12-10-18(11-13-19)15-30-17-29-24-23(30)25(33)31(16-20-7-6-14-35-20)26(34)32(24)22-9-5-4-8-21(22)28/h4-5,8-13,17,20H,6-7,14-16H2,1-3H3/t20-/m0/s1. The third kappa shape index (κ3) is 4.46. The zero-order valence-electron chi connectivity index (χ0n) is 20.2. The molecule has 0 N–H and O–H groups in total. The van der Waals surface area contributed by atoms with Crippen molar-refractivity contribution >= 4 is 22.8 Å². The van der Waals surface area contributed by atoms with E-state index in [2.05, 4.69) is 50.0 Å². The first-order chi connectivity index (χ1) is 16.7. The second kappa shape index (κ2) is 9.13. The Bertz CT molecular complexity index is 1490. The third-order valence-electron chi connectivity index (χ3n) is 6.58. The highest BCUT2D eigenvalue weighted by atomic mass is 35.5. The average Bonchev–Trinajstić information content (AvgIpc) is 3.48. The van der Waals surface area contributed by atoms with Gasteiger partial charge in [-0.05, 0) is 41.5 Å². The van der Waals surface area contributed by atoms with Crippen molar-refractivity contribution in [1.29, 1.82) is 0 Å². The Morgan fingerprint density at radius 1 is 1.09 bits per heavy atom. The summed E-state index contributed by atoms with van der Waals surface area (Å²) < 4.78 is 10.3. The highest BCUT2D eigenvalue weighted by Crippen LogP contribution is 2.24. The molecular formula is C27H29ClN4O3. The van der Waals surface area contributed by atoms with Crippen LogP contribution in [0, 0.1) is 0 Å². The lowest BCUT2D eigenvalue weighted by Gasteiger charge is -2.19. The first-order valence-corrected chi connectivity index (χ1v) is 12.3. The highest BCUT2D eigenvalue weighted by Gasteiger charge is 2.24. The maximum atomic E-state index is 13.7. The summed E-state index contributed by atoms with van der Waals surface area (Å²) in [5.74, 6) is 0. The summed E-state index contributed by atoms with van der Waals surface area (Å²) in [6.07, 6.45) is 3.18. The molecule has 1 aliphatic rings. The number of fused-ring (bicyclic) bond motifs is 1. The van der Waals surface area contributed by atoms with Crippen molar-refractivity contribution in [3.05, 3.63) is 91.8 Å². The van der Waals surface area contributed by atoms with E-state index in [1.54, 1.807) is 24.5 Å². The molecular weight excluding hydrogens is 464 g/mol. The molecule has 7 nitrogen and oxygen atoms in total. The van der Waals surface area contributed by atoms with Gasteiger partial charge < -0.3 is 9.30 Å². The van der Waals surface area contributed by atoms with Crippen molar-refractivity contribution in [1.82, 2.24) is 18.7 Å². The lowest BCUT2D eigenvalue weighted by atomic mass is 9.87. The van der Waals surface area contributed by atoms with Crippen LogP contribution in [-0.4, -0.2) is 31.4 Å². The summed E-state index contributed by atoms with van der Waals surface area (Å²) >= 11 is 6.48. The van der Waals surface area contributed by atoms with Gasteiger partial charge in [0.25, 0.3) is 5.56 Å². The third-order valence-corrected chi connectivity index (χ3v) is 6.90. The molecule has 0 spiro atoms. The van der Waals surface area contributed by atoms with Crippen LogP contribution in [0.1, 0.15) is 44.7 Å². The Morgan fingerprint density at radius 3 is 2.49 bits per heavy atom. The number of imidazole rings is 1. The van der Waals surface area contributed by atoms with Crippen molar-refractivity contribution in [2.45, 2.75) is 58.2 Å². The number of halogens is 1. The predicted octanol–water partition coefficient (Wildman–Crippen LogP) is 4.53. The van der Waals surface area contributed by atoms with E-state index < -0.39 is 5.69 Å². The van der Waals surface area contributed by atoms with E-state index in [1.165, 1.54) is 14.7 Å². The summed E-state index contributed by atoms with van der Waals surface area (Å²) in [6, 6.07) is 15.5. The molecule has 2 aromatic heterocycles. The maximum absolute atomic E-state index is 13.7. The number of benzene rings is 2. The van der Waals surface area contributed by atoms with Crippen molar-refractivity contribution in [2.75, 3.05) is 6.61 Å². The van der Waals surface area contributed by atoms with Gasteiger partial charge in [-0.1, -0.05) is 68.8 Å². The van der Waals surface area contributed by atoms with Crippen molar-refractivity contribution < 1.29 is 4.74 Å². The monoisotopic (exact) mass is 492 g/mol. The van der Waals surface area contributed by atoms with E-state index in [1.807, 2.05) is 10.6 Å². The zero-order chi connectivity index (χ0) is 24.7. The summed E-state index contributed by atoms with van der Waals surface area (Å²) in [4.78, 5) is 31.8. The molecule has 0 radical (unpaired) electrons. The molecule has 182 valence electrons. The Kier molecular flexibility index (Phi) is 6.15. The summed E-state index contributed by atoms with van der Waals surface area (Å²) in [7, 11) is 0. The van der Waals surface area contributed by atoms with Crippen LogP contribution in [0.25, 0.3) is 16.9 Å². The van der Waals surface area contributed by atoms with Gasteiger partial charge in [0.1, 0.15) is 0 Å². The number of hydrogen-bond acceptors (Lipinski definition) is 4. The molecule has 0 bridgehead atoms. The molecule has 2 aromatic carbocycles. The lowest BCUT2D eigenvalue weighted by molar-refractivity contribution is 0.0950. The van der Waals surface area contributed by atoms with E-state index in [0.29, 0.717) is 35.0 Å². The topological polar surface area (TPSA) is 71.1 Å². The highest BCUT2D eigenvalue weighted by molar-refractivity contribution is 6.32. The van der Waals surface area contributed by atoms with Gasteiger partial charge in [0, 0.05) is 13.2 Å². The minimum Gasteiger partial charge on any atom is -0.376 e. The van der Waals surface area contributed by atoms with Crippen LogP contribution in [0.4, 0.5) is 0 Å². The van der Waals surface area contributed by atoms with Gasteiger partial charge in [0.2, 0.25) is 0 Å². The Balaban J connectivity index is 1.67. The van der Waals surface area contributed by atoms with E-state index in [-0.39, 0.29) is 23.6 Å². The van der Waals surface area contributed by atoms with Crippen molar-refractivity contribution in [2.24, 2.45) is 0 Å². The van der Waals surface area contributed by atoms with E-state index in [0.717, 1.165) is 18.4 Å². The molecule has 4 aromatic rings. The van der Waals surface area contributed by atoms with E-state index in [9.17, 15) is 9.59 Å². The van der Waals surface area contributed by atoms with Crippen molar-refractivity contribution in [3.63, 3.8) is 0 Å². The molecule has 0 aliphatic carbocycles. The number of ether oxygens (including phenoxy) is 1. The van der Waals surface area contributed by atoms with Crippen molar-refractivity contribution in [3.8, 4) is 5.69 Å². The Hall–Kier alpha value is -3.16. The lowest BCUT2D eigenvalue weighted by Crippen LogP contribution is -2.42. The number of aromatic nitrogens is 4. The maximum Gasteiger partial charge on any atom is 0.337 e. The smallest absolute Gasteiger partial charge is 0.337 e. The van der Waals surface area contributed by atoms with E-state index >= 15 is 0 Å². The molecule has 1 atom stereocenters. The first-order valence-electron chi connectivity index (χ1n) is 11.9. The normalized spacial score (nSPS) is 16.3. The van der Waals surface area contributed by atoms with E-state index in [4.69, 9.17) is 16.3 Å². The number of rotatable bonds is 5. The fourth-order valence-corrected chi connectivity index (χ4v) is 4.83. The van der Waals surface area contributed by atoms with Crippen LogP contribution in [0.2, 0.25) is 5.02 Å². The van der Waals surface area contributed by atoms with Gasteiger partial charge in [-0.2, -0.15) is 0 Å². The second-order valence-electron chi connectivity index (χ2n) is 10.1. The quantitative estimate of drug-likeness (QED) is 0.410. The minimum atomic E-state index is -0.467. The minimum absolute atomic E-state index is 0.0568. The first kappa shape index (κ1) is 23.6. The van der Waals surface area contributed by atoms with Crippen LogP contribution >= 0.6 is 11.6 Å². The second-order valence-corrected chi connectivity index (χ2v) is 10.5. The fraction of sp³-hybridized carbons (Fsp3) is 0.370. The Labute approximate surface area is 208 Å². The molecule has 0 amide bonds. The van der Waals surface area contributed by atoms with Gasteiger partial charge in [-0.15, -0.1) is 0 Å². The molecule has 5 rings (SSSR count). The molecule has 0 saturated carbocycles. The van der Waals surface area contributed by atoms with Gasteiger partial charge in [0.05, 0.1) is 29.7 Å². The summed E-state index contributed by atoms with van der Waals surface area (Å²) in [6.45, 7) is 7.82. The Morgan fingerprint density at radius 2 is 1.83 bits per heavy atom. The zero-order valence-corrected chi connectivity index (χ0v) is 21.0. The van der Waals surface area contributed by atoms with Crippen LogP contribution in [0.15, 0.2) is 64.4 Å². The van der Waals surface area contributed by atoms with Crippen LogP contribution in [0.5, 0.6) is 0 Å². The predicted molar refractivity (Wildman–Crippen MR) is 138 cm³/mol. The molecule has 0 unspecified atom stereocenters.